The third-order valence-corrected chi connectivity index (χ3v) is 2.38. The van der Waals surface area contributed by atoms with E-state index in [1.54, 1.807) is 25.3 Å². The fourth-order valence-corrected chi connectivity index (χ4v) is 1.13. The fourth-order valence-electron chi connectivity index (χ4n) is 1.13. The molecule has 0 aliphatic carbocycles. The predicted molar refractivity (Wildman–Crippen MR) is 61.5 cm³/mol. The van der Waals surface area contributed by atoms with Gasteiger partial charge in [-0.15, -0.1) is 0 Å². The van der Waals surface area contributed by atoms with Crippen LogP contribution in [0.4, 0.5) is 0 Å². The van der Waals surface area contributed by atoms with Gasteiger partial charge in [-0.3, -0.25) is 4.79 Å². The van der Waals surface area contributed by atoms with E-state index in [0.717, 1.165) is 0 Å². The van der Waals surface area contributed by atoms with Gasteiger partial charge in [0, 0.05) is 13.7 Å². The molecule has 0 aliphatic heterocycles. The summed E-state index contributed by atoms with van der Waals surface area (Å²) in [6.07, 6.45) is 0. The van der Waals surface area contributed by atoms with E-state index in [9.17, 15) is 9.90 Å². The standard InChI is InChI=1S/C12H17NO3/c1-12(2,16-3)8-13-11(15)9-6-4-5-7-10(9)14/h4-7,14H,8H2,1-3H3,(H,13,15). The summed E-state index contributed by atoms with van der Waals surface area (Å²) in [7, 11) is 1.59. The van der Waals surface area contributed by atoms with Crippen molar-refractivity contribution in [2.75, 3.05) is 13.7 Å². The van der Waals surface area contributed by atoms with Crippen molar-refractivity contribution in [3.63, 3.8) is 0 Å². The number of amides is 1. The van der Waals surface area contributed by atoms with Crippen LogP contribution in [0.5, 0.6) is 5.75 Å². The lowest BCUT2D eigenvalue weighted by atomic mass is 10.1. The van der Waals surface area contributed by atoms with Gasteiger partial charge in [-0.2, -0.15) is 0 Å². The summed E-state index contributed by atoms with van der Waals surface area (Å²) in [5, 5.41) is 12.2. The van der Waals surface area contributed by atoms with Crippen LogP contribution in [-0.2, 0) is 4.74 Å². The Kier molecular flexibility index (Phi) is 3.90. The third kappa shape index (κ3) is 3.24. The van der Waals surface area contributed by atoms with Gasteiger partial charge in [0.15, 0.2) is 0 Å². The number of carbonyl (C=O) groups is 1. The average Bonchev–Trinajstić information content (AvgIpc) is 2.27. The summed E-state index contributed by atoms with van der Waals surface area (Å²) in [5.41, 5.74) is -0.144. The minimum absolute atomic E-state index is 0.0183. The van der Waals surface area contributed by atoms with Crippen molar-refractivity contribution in [2.24, 2.45) is 0 Å². The lowest BCUT2D eigenvalue weighted by Crippen LogP contribution is -2.39. The number of phenols is 1. The minimum Gasteiger partial charge on any atom is -0.507 e. The topological polar surface area (TPSA) is 58.6 Å². The highest BCUT2D eigenvalue weighted by molar-refractivity contribution is 5.96. The first kappa shape index (κ1) is 12.5. The number of nitrogens with one attached hydrogen (secondary N) is 1. The first-order valence-electron chi connectivity index (χ1n) is 5.07. The van der Waals surface area contributed by atoms with Crippen molar-refractivity contribution < 1.29 is 14.6 Å². The van der Waals surface area contributed by atoms with E-state index in [1.165, 1.54) is 6.07 Å². The molecule has 4 heteroatoms. The van der Waals surface area contributed by atoms with Crippen molar-refractivity contribution in [2.45, 2.75) is 19.4 Å². The van der Waals surface area contributed by atoms with Gasteiger partial charge in [0.2, 0.25) is 0 Å². The highest BCUT2D eigenvalue weighted by Crippen LogP contribution is 2.15. The first-order chi connectivity index (χ1) is 7.46. The van der Waals surface area contributed by atoms with Crippen LogP contribution < -0.4 is 5.32 Å². The first-order valence-corrected chi connectivity index (χ1v) is 5.07. The van der Waals surface area contributed by atoms with Gasteiger partial charge in [-0.1, -0.05) is 12.1 Å². The monoisotopic (exact) mass is 223 g/mol. The predicted octanol–water partition coefficient (Wildman–Crippen LogP) is 1.55. The van der Waals surface area contributed by atoms with E-state index in [2.05, 4.69) is 5.32 Å². The van der Waals surface area contributed by atoms with E-state index in [1.807, 2.05) is 13.8 Å². The van der Waals surface area contributed by atoms with Crippen LogP contribution in [0.1, 0.15) is 24.2 Å². The Morgan fingerprint density at radius 3 is 2.62 bits per heavy atom. The Balaban J connectivity index is 2.64. The number of hydrogen-bond acceptors (Lipinski definition) is 3. The molecule has 0 aliphatic rings. The number of carbonyl (C=O) groups excluding carboxylic acids is 1. The SMILES string of the molecule is COC(C)(C)CNC(=O)c1ccccc1O. The molecule has 1 amide bonds. The number of ether oxygens (including phenoxy) is 1. The maximum Gasteiger partial charge on any atom is 0.255 e. The van der Waals surface area contributed by atoms with Crippen LogP contribution in [0.25, 0.3) is 0 Å². The number of rotatable bonds is 4. The van der Waals surface area contributed by atoms with Gasteiger partial charge in [-0.25, -0.2) is 0 Å². The van der Waals surface area contributed by atoms with Gasteiger partial charge in [0.25, 0.3) is 5.91 Å². The van der Waals surface area contributed by atoms with Crippen LogP contribution in [0.3, 0.4) is 0 Å². The summed E-state index contributed by atoms with van der Waals surface area (Å²) in [6.45, 7) is 4.13. The van der Waals surface area contributed by atoms with Crippen LogP contribution in [0.15, 0.2) is 24.3 Å². The molecule has 1 aromatic carbocycles. The molecule has 1 rings (SSSR count). The molecule has 0 atom stereocenters. The Morgan fingerprint density at radius 1 is 1.44 bits per heavy atom. The zero-order valence-electron chi connectivity index (χ0n) is 9.78. The molecule has 88 valence electrons. The van der Waals surface area contributed by atoms with Crippen LogP contribution >= 0.6 is 0 Å². The molecule has 0 unspecified atom stereocenters. The molecule has 16 heavy (non-hydrogen) atoms. The van der Waals surface area contributed by atoms with Gasteiger partial charge in [0.05, 0.1) is 11.2 Å². The fraction of sp³-hybridized carbons (Fsp3) is 0.417. The van der Waals surface area contributed by atoms with Gasteiger partial charge in [0.1, 0.15) is 5.75 Å². The molecule has 4 nitrogen and oxygen atoms in total. The molecule has 0 saturated heterocycles. The lowest BCUT2D eigenvalue weighted by Gasteiger charge is -2.23. The van der Waals surface area contributed by atoms with Crippen LogP contribution in [-0.4, -0.2) is 30.3 Å². The second-order valence-electron chi connectivity index (χ2n) is 4.16. The molecular formula is C12H17NO3. The highest BCUT2D eigenvalue weighted by atomic mass is 16.5. The molecule has 0 radical (unpaired) electrons. The summed E-state index contributed by atoms with van der Waals surface area (Å²) in [4.78, 5) is 11.7. The molecule has 0 fully saturated rings. The zero-order valence-corrected chi connectivity index (χ0v) is 9.78. The average molecular weight is 223 g/mol. The van der Waals surface area contributed by atoms with E-state index >= 15 is 0 Å². The van der Waals surface area contributed by atoms with Gasteiger partial charge < -0.3 is 15.2 Å². The normalized spacial score (nSPS) is 11.2. The Morgan fingerprint density at radius 2 is 2.06 bits per heavy atom. The maximum absolute atomic E-state index is 11.7. The number of para-hydroxylation sites is 1. The second kappa shape index (κ2) is 4.99. The van der Waals surface area contributed by atoms with E-state index in [-0.39, 0.29) is 17.2 Å². The molecule has 0 spiro atoms. The molecular weight excluding hydrogens is 206 g/mol. The van der Waals surface area contributed by atoms with Crippen LogP contribution in [0.2, 0.25) is 0 Å². The maximum atomic E-state index is 11.7. The third-order valence-electron chi connectivity index (χ3n) is 2.38. The smallest absolute Gasteiger partial charge is 0.255 e. The Bertz CT molecular complexity index is 374. The molecule has 0 saturated carbocycles. The van der Waals surface area contributed by atoms with Gasteiger partial charge >= 0.3 is 0 Å². The quantitative estimate of drug-likeness (QED) is 0.814. The van der Waals surface area contributed by atoms with Crippen molar-refractivity contribution in [1.29, 1.82) is 0 Å². The summed E-state index contributed by atoms with van der Waals surface area (Å²) >= 11 is 0. The number of methoxy groups -OCH3 is 1. The summed E-state index contributed by atoms with van der Waals surface area (Å²) in [5.74, 6) is -0.321. The Labute approximate surface area is 95.2 Å². The highest BCUT2D eigenvalue weighted by Gasteiger charge is 2.18. The second-order valence-corrected chi connectivity index (χ2v) is 4.16. The molecule has 0 bridgehead atoms. The summed E-state index contributed by atoms with van der Waals surface area (Å²) < 4.78 is 5.18. The van der Waals surface area contributed by atoms with E-state index < -0.39 is 5.60 Å². The van der Waals surface area contributed by atoms with Crippen molar-refractivity contribution in [3.05, 3.63) is 29.8 Å². The minimum atomic E-state index is -0.417. The number of phenolic OH excluding ortho intramolecular Hbond substituents is 1. The van der Waals surface area contributed by atoms with E-state index in [0.29, 0.717) is 6.54 Å². The molecule has 2 N–H and O–H groups in total. The van der Waals surface area contributed by atoms with Crippen molar-refractivity contribution >= 4 is 5.91 Å². The number of benzene rings is 1. The molecule has 0 aromatic heterocycles. The molecule has 0 heterocycles. The zero-order chi connectivity index (χ0) is 12.2. The number of aromatic hydroxyl groups is 1. The van der Waals surface area contributed by atoms with E-state index in [4.69, 9.17) is 4.74 Å². The number of hydrogen-bond donors (Lipinski definition) is 2. The summed E-state index contributed by atoms with van der Waals surface area (Å²) in [6, 6.07) is 6.43. The van der Waals surface area contributed by atoms with Crippen molar-refractivity contribution in [3.8, 4) is 5.75 Å². The van der Waals surface area contributed by atoms with Crippen molar-refractivity contribution in [1.82, 2.24) is 5.32 Å². The Hall–Kier alpha value is -1.55. The largest absolute Gasteiger partial charge is 0.507 e. The lowest BCUT2D eigenvalue weighted by molar-refractivity contribution is 0.0228. The van der Waals surface area contributed by atoms with Crippen LogP contribution in [0, 0.1) is 0 Å². The molecule has 1 aromatic rings. The van der Waals surface area contributed by atoms with Gasteiger partial charge in [-0.05, 0) is 26.0 Å².